The molecule has 3 unspecified atom stereocenters. The normalized spacial score (nSPS) is 22.9. The first-order chi connectivity index (χ1) is 24.4. The minimum absolute atomic E-state index is 0.123. The third-order valence-corrected chi connectivity index (χ3v) is 10.6. The Labute approximate surface area is 302 Å². The van der Waals surface area contributed by atoms with E-state index in [-0.39, 0.29) is 17.9 Å². The number of anilines is 1. The molecular weight excluding hydrogens is 675 g/mol. The molecule has 2 aliphatic rings. The van der Waals surface area contributed by atoms with E-state index in [0.717, 1.165) is 61.4 Å². The minimum Gasteiger partial charge on any atom is -0.390 e. The summed E-state index contributed by atoms with van der Waals surface area (Å²) in [6, 6.07) is 14.2. The highest BCUT2D eigenvalue weighted by atomic mass is 32.2. The van der Waals surface area contributed by atoms with Gasteiger partial charge in [-0.15, -0.1) is 5.10 Å². The van der Waals surface area contributed by atoms with Crippen LogP contribution < -0.4 is 10.0 Å². The number of rotatable bonds is 16. The number of ether oxygens (including phenoxy) is 4. The lowest BCUT2D eigenvalue weighted by Crippen LogP contribution is -2.50. The van der Waals surface area contributed by atoms with Crippen molar-refractivity contribution < 1.29 is 33.4 Å². The molecule has 15 heteroatoms. The van der Waals surface area contributed by atoms with Crippen LogP contribution in [0.4, 0.5) is 5.69 Å². The lowest BCUT2D eigenvalue weighted by Gasteiger charge is -2.36. The van der Waals surface area contributed by atoms with Gasteiger partial charge in [0.1, 0.15) is 45.5 Å². The molecule has 0 amide bonds. The fourth-order valence-electron chi connectivity index (χ4n) is 5.98. The Morgan fingerprint density at radius 3 is 2.65 bits per heavy atom. The number of fused-ring (bicyclic) bond motifs is 1. The summed E-state index contributed by atoms with van der Waals surface area (Å²) in [4.78, 5) is 2.51. The van der Waals surface area contributed by atoms with Crippen LogP contribution in [-0.2, 0) is 42.1 Å². The number of benzene rings is 2. The van der Waals surface area contributed by atoms with Crippen LogP contribution in [0.5, 0.6) is 0 Å². The standard InChI is InChI=1S/C36H51N7O7S/c1-35(2,10-15-49-36(3,4)32-24-43(41-39-32)23-31-34(45)30(44)21-33(47-5)50-31)40-51(46)29(22-37)19-25-6-7-27-20-28(9-8-26(27)18-25)38-11-12-42-13-16-48-17-14-42/h6-9,18-20,24,30-31,33-34,38,40,44-45H,10-17,21,23H2,1-5H3/b29-19+/t30?,31?,33-,34-,51?/m0/s1. The summed E-state index contributed by atoms with van der Waals surface area (Å²) >= 11 is 0. The number of aromatic nitrogens is 3. The monoisotopic (exact) mass is 725 g/mol. The highest BCUT2D eigenvalue weighted by Crippen LogP contribution is 2.27. The molecule has 0 spiro atoms. The first-order valence-electron chi connectivity index (χ1n) is 17.3. The molecule has 0 saturated carbocycles. The van der Waals surface area contributed by atoms with Gasteiger partial charge in [0.05, 0.1) is 32.1 Å². The Morgan fingerprint density at radius 1 is 1.16 bits per heavy atom. The molecule has 2 saturated heterocycles. The minimum atomic E-state index is -1.75. The largest absolute Gasteiger partial charge is 0.390 e. The summed E-state index contributed by atoms with van der Waals surface area (Å²) in [6.45, 7) is 13.4. The fourth-order valence-corrected chi connectivity index (χ4v) is 7.02. The van der Waals surface area contributed by atoms with Crippen LogP contribution in [0.3, 0.4) is 0 Å². The molecule has 2 aromatic carbocycles. The van der Waals surface area contributed by atoms with Crippen molar-refractivity contribution in [1.29, 1.82) is 5.26 Å². The van der Waals surface area contributed by atoms with E-state index in [1.165, 1.54) is 7.11 Å². The maximum atomic E-state index is 13.3. The van der Waals surface area contributed by atoms with Crippen molar-refractivity contribution in [2.45, 2.75) is 82.8 Å². The molecule has 51 heavy (non-hydrogen) atoms. The van der Waals surface area contributed by atoms with Crippen LogP contribution in [0.1, 0.15) is 51.8 Å². The second-order valence-electron chi connectivity index (χ2n) is 14.1. The Balaban J connectivity index is 1.11. The molecular formula is C36H51N7O7S. The summed E-state index contributed by atoms with van der Waals surface area (Å²) in [6.07, 6.45) is 0.677. The highest BCUT2D eigenvalue weighted by Gasteiger charge is 2.37. The molecule has 278 valence electrons. The Hall–Kier alpha value is -3.30. The van der Waals surface area contributed by atoms with E-state index < -0.39 is 46.7 Å². The molecule has 14 nitrogen and oxygen atoms in total. The number of hydrogen-bond donors (Lipinski definition) is 4. The summed E-state index contributed by atoms with van der Waals surface area (Å²) in [5, 5.41) is 44.5. The molecule has 2 aliphatic heterocycles. The van der Waals surface area contributed by atoms with Gasteiger partial charge in [-0.2, -0.15) is 5.26 Å². The quantitative estimate of drug-likeness (QED) is 0.159. The Bertz CT molecular complexity index is 1700. The highest BCUT2D eigenvalue weighted by molar-refractivity contribution is 7.87. The second kappa shape index (κ2) is 17.5. The van der Waals surface area contributed by atoms with Crippen molar-refractivity contribution in [3.63, 3.8) is 0 Å². The second-order valence-corrected chi connectivity index (χ2v) is 15.3. The zero-order chi connectivity index (χ0) is 36.6. The smallest absolute Gasteiger partial charge is 0.160 e. The zero-order valence-corrected chi connectivity index (χ0v) is 30.9. The maximum absolute atomic E-state index is 13.3. The maximum Gasteiger partial charge on any atom is 0.160 e. The van der Waals surface area contributed by atoms with Gasteiger partial charge in [0.25, 0.3) is 0 Å². The Morgan fingerprint density at radius 2 is 1.90 bits per heavy atom. The topological polar surface area (TPSA) is 176 Å². The van der Waals surface area contributed by atoms with Crippen LogP contribution in [0.15, 0.2) is 47.5 Å². The lowest BCUT2D eigenvalue weighted by molar-refractivity contribution is -0.245. The van der Waals surface area contributed by atoms with Crippen molar-refractivity contribution in [1.82, 2.24) is 24.6 Å². The summed E-state index contributed by atoms with van der Waals surface area (Å²) in [5.74, 6) is 0. The molecule has 0 bridgehead atoms. The van der Waals surface area contributed by atoms with Gasteiger partial charge in [-0.05, 0) is 74.7 Å². The molecule has 1 aromatic heterocycles. The summed E-state index contributed by atoms with van der Waals surface area (Å²) < 4.78 is 40.5. The van der Waals surface area contributed by atoms with Gasteiger partial charge in [0.2, 0.25) is 0 Å². The van der Waals surface area contributed by atoms with E-state index in [1.54, 1.807) is 17.0 Å². The number of morpholine rings is 1. The average molecular weight is 726 g/mol. The molecule has 2 fully saturated rings. The van der Waals surface area contributed by atoms with Gasteiger partial charge in [-0.25, -0.2) is 13.6 Å². The predicted octanol–water partition coefficient (Wildman–Crippen LogP) is 2.90. The van der Waals surface area contributed by atoms with Gasteiger partial charge in [-0.3, -0.25) is 4.90 Å². The number of nitrogens with zero attached hydrogens (tertiary/aromatic N) is 5. The predicted molar refractivity (Wildman–Crippen MR) is 195 cm³/mol. The number of aliphatic hydroxyl groups is 2. The van der Waals surface area contributed by atoms with E-state index in [4.69, 9.17) is 18.9 Å². The van der Waals surface area contributed by atoms with Gasteiger partial charge in [0.15, 0.2) is 6.29 Å². The number of nitrogens with one attached hydrogen (secondary N) is 2. The molecule has 3 heterocycles. The van der Waals surface area contributed by atoms with Crippen LogP contribution in [0.25, 0.3) is 16.8 Å². The number of allylic oxidation sites excluding steroid dienone is 1. The number of methoxy groups -OCH3 is 1. The van der Waals surface area contributed by atoms with Crippen LogP contribution >= 0.6 is 0 Å². The van der Waals surface area contributed by atoms with Gasteiger partial charge in [0, 0.05) is 57.5 Å². The van der Waals surface area contributed by atoms with Gasteiger partial charge < -0.3 is 34.5 Å². The number of aliphatic hydroxyl groups excluding tert-OH is 2. The molecule has 4 N–H and O–H groups in total. The molecule has 3 aromatic rings. The lowest BCUT2D eigenvalue weighted by atomic mass is 10.0. The van der Waals surface area contributed by atoms with Crippen molar-refractivity contribution in [2.24, 2.45) is 0 Å². The first-order valence-corrected chi connectivity index (χ1v) is 18.5. The van der Waals surface area contributed by atoms with Gasteiger partial charge >= 0.3 is 0 Å². The SMILES string of the molecule is CO[C@@H]1CC(O)[C@H](O)C(Cn2cc(C(C)(C)OCCC(C)(C)NS(=O)/C(C#N)=C/c3ccc4cc(NCCN5CCOCC5)ccc4c3)nn2)O1. The van der Waals surface area contributed by atoms with Gasteiger partial charge in [-0.1, -0.05) is 23.4 Å². The first kappa shape index (κ1) is 38.9. The Kier molecular flexibility index (Phi) is 13.3. The van der Waals surface area contributed by atoms with E-state index in [0.29, 0.717) is 18.7 Å². The van der Waals surface area contributed by atoms with E-state index in [9.17, 15) is 19.7 Å². The molecule has 5 atom stereocenters. The zero-order valence-electron chi connectivity index (χ0n) is 30.1. The number of nitriles is 1. The van der Waals surface area contributed by atoms with Crippen molar-refractivity contribution >= 4 is 33.5 Å². The van der Waals surface area contributed by atoms with Crippen LogP contribution in [0.2, 0.25) is 0 Å². The molecule has 0 aliphatic carbocycles. The number of hydrogen-bond acceptors (Lipinski definition) is 12. The van der Waals surface area contributed by atoms with E-state index >= 15 is 0 Å². The summed E-state index contributed by atoms with van der Waals surface area (Å²) in [7, 11) is -0.266. The van der Waals surface area contributed by atoms with E-state index in [1.807, 2.05) is 52.0 Å². The molecule has 0 radical (unpaired) electrons. The third-order valence-electron chi connectivity index (χ3n) is 9.21. The van der Waals surface area contributed by atoms with Crippen LogP contribution in [0, 0.1) is 11.3 Å². The van der Waals surface area contributed by atoms with E-state index in [2.05, 4.69) is 43.5 Å². The summed E-state index contributed by atoms with van der Waals surface area (Å²) in [5.41, 5.74) is 0.985. The average Bonchev–Trinajstić information content (AvgIpc) is 3.58. The van der Waals surface area contributed by atoms with Crippen molar-refractivity contribution in [3.05, 3.63) is 58.8 Å². The van der Waals surface area contributed by atoms with Crippen molar-refractivity contribution in [3.8, 4) is 6.07 Å². The third kappa shape index (κ3) is 10.9. The van der Waals surface area contributed by atoms with Crippen molar-refractivity contribution in [2.75, 3.05) is 58.4 Å². The fraction of sp³-hybridized carbons (Fsp3) is 0.583. The van der Waals surface area contributed by atoms with Crippen LogP contribution in [-0.4, -0.2) is 118 Å². The molecule has 5 rings (SSSR count).